The highest BCUT2D eigenvalue weighted by molar-refractivity contribution is 7.20. The fourth-order valence-corrected chi connectivity index (χ4v) is 4.74. The van der Waals surface area contributed by atoms with Crippen LogP contribution in [0, 0.1) is 34.6 Å². The van der Waals surface area contributed by atoms with E-state index in [1.165, 1.54) is 39.2 Å². The van der Waals surface area contributed by atoms with Crippen LogP contribution in [0.2, 0.25) is 8.67 Å². The van der Waals surface area contributed by atoms with Crippen LogP contribution in [0.1, 0.15) is 44.3 Å². The molecule has 1 aromatic heterocycles. The molecule has 0 N–H and O–H groups in total. The molecule has 2 rings (SSSR count). The summed E-state index contributed by atoms with van der Waals surface area (Å²) in [4.78, 5) is 0. The summed E-state index contributed by atoms with van der Waals surface area (Å²) in [5, 5.41) is -0.260. The number of hydrogen-bond donors (Lipinski definition) is 0. The Kier molecular flexibility index (Phi) is 4.76. The van der Waals surface area contributed by atoms with Crippen molar-refractivity contribution in [3.8, 4) is 0 Å². The van der Waals surface area contributed by atoms with Gasteiger partial charge in [-0.25, -0.2) is 0 Å². The van der Waals surface area contributed by atoms with E-state index >= 15 is 0 Å². The lowest BCUT2D eigenvalue weighted by molar-refractivity contribution is 1.04. The SMILES string of the molecule is Cc1c(C)c(C)c(C(Cl)c2cc(Cl)sc2Cl)c(C)c1C. The zero-order valence-corrected chi connectivity index (χ0v) is 15.3. The second kappa shape index (κ2) is 5.88. The molecule has 108 valence electrons. The van der Waals surface area contributed by atoms with E-state index in [9.17, 15) is 0 Å². The van der Waals surface area contributed by atoms with Gasteiger partial charge >= 0.3 is 0 Å². The lowest BCUT2D eigenvalue weighted by atomic mass is 9.87. The van der Waals surface area contributed by atoms with Gasteiger partial charge < -0.3 is 0 Å². The maximum atomic E-state index is 6.72. The van der Waals surface area contributed by atoms with Crippen molar-refractivity contribution in [2.45, 2.75) is 40.0 Å². The van der Waals surface area contributed by atoms with Crippen LogP contribution in [0.25, 0.3) is 0 Å². The summed E-state index contributed by atoms with van der Waals surface area (Å²) >= 11 is 20.4. The molecule has 20 heavy (non-hydrogen) atoms. The molecule has 0 aliphatic carbocycles. The number of hydrogen-bond acceptors (Lipinski definition) is 1. The second-order valence-electron chi connectivity index (χ2n) is 5.18. The van der Waals surface area contributed by atoms with E-state index in [1.807, 2.05) is 6.07 Å². The third kappa shape index (κ3) is 2.62. The molecule has 0 fully saturated rings. The average molecular weight is 348 g/mol. The Labute approximate surface area is 139 Å². The van der Waals surface area contributed by atoms with Crippen molar-refractivity contribution in [2.24, 2.45) is 0 Å². The molecule has 1 aromatic carbocycles. The lowest BCUT2D eigenvalue weighted by Gasteiger charge is -2.22. The van der Waals surface area contributed by atoms with Crippen LogP contribution >= 0.6 is 46.1 Å². The zero-order valence-electron chi connectivity index (χ0n) is 12.2. The molecule has 0 amide bonds. The summed E-state index contributed by atoms with van der Waals surface area (Å²) < 4.78 is 1.34. The summed E-state index contributed by atoms with van der Waals surface area (Å²) in [5.74, 6) is 0. The Morgan fingerprint density at radius 1 is 0.850 bits per heavy atom. The molecule has 0 spiro atoms. The Morgan fingerprint density at radius 3 is 1.70 bits per heavy atom. The highest BCUT2D eigenvalue weighted by atomic mass is 35.5. The predicted octanol–water partition coefficient (Wildman–Crippen LogP) is 6.93. The fraction of sp³-hybridized carbons (Fsp3) is 0.375. The van der Waals surface area contributed by atoms with Crippen molar-refractivity contribution in [2.75, 3.05) is 0 Å². The van der Waals surface area contributed by atoms with E-state index in [1.54, 1.807) is 0 Å². The van der Waals surface area contributed by atoms with Gasteiger partial charge in [-0.1, -0.05) is 23.2 Å². The molecule has 0 radical (unpaired) electrons. The van der Waals surface area contributed by atoms with E-state index in [0.29, 0.717) is 8.67 Å². The topological polar surface area (TPSA) is 0 Å². The Hall–Kier alpha value is -0.210. The standard InChI is InChI=1S/C16H17Cl3S/c1-7-8(2)10(4)14(11(5)9(7)3)15(18)12-6-13(17)20-16(12)19/h6,15H,1-5H3. The van der Waals surface area contributed by atoms with Crippen LogP contribution in [0.15, 0.2) is 6.07 Å². The van der Waals surface area contributed by atoms with E-state index in [4.69, 9.17) is 34.8 Å². The third-order valence-electron chi connectivity index (χ3n) is 4.27. The van der Waals surface area contributed by atoms with Gasteiger partial charge in [-0.3, -0.25) is 0 Å². The molecule has 4 heteroatoms. The molecule has 1 heterocycles. The number of halogens is 3. The summed E-state index contributed by atoms with van der Waals surface area (Å²) in [6, 6.07) is 1.87. The second-order valence-corrected chi connectivity index (χ2v) is 7.90. The summed E-state index contributed by atoms with van der Waals surface area (Å²) in [6.45, 7) is 10.7. The normalized spacial score (nSPS) is 12.8. The van der Waals surface area contributed by atoms with Gasteiger partial charge in [0.25, 0.3) is 0 Å². The molecule has 0 aliphatic heterocycles. The highest BCUT2D eigenvalue weighted by Crippen LogP contribution is 2.43. The maximum absolute atomic E-state index is 6.72. The molecular formula is C16H17Cl3S. The minimum absolute atomic E-state index is 0.260. The van der Waals surface area contributed by atoms with Crippen LogP contribution < -0.4 is 0 Å². The van der Waals surface area contributed by atoms with E-state index in [-0.39, 0.29) is 5.38 Å². The average Bonchev–Trinajstić information content (AvgIpc) is 2.73. The minimum atomic E-state index is -0.260. The Bertz CT molecular complexity index is 642. The molecule has 0 bridgehead atoms. The van der Waals surface area contributed by atoms with Gasteiger partial charge in [-0.15, -0.1) is 22.9 Å². The number of benzene rings is 1. The molecule has 0 saturated heterocycles. The Balaban J connectivity index is 2.67. The van der Waals surface area contributed by atoms with Gasteiger partial charge in [0.15, 0.2) is 0 Å². The first kappa shape index (κ1) is 16.2. The molecule has 2 aromatic rings. The van der Waals surface area contributed by atoms with Crippen molar-refractivity contribution in [1.29, 1.82) is 0 Å². The van der Waals surface area contributed by atoms with Gasteiger partial charge in [-0.2, -0.15) is 0 Å². The first-order chi connectivity index (χ1) is 9.25. The molecular weight excluding hydrogens is 331 g/mol. The van der Waals surface area contributed by atoms with Crippen molar-refractivity contribution >= 4 is 46.1 Å². The smallest absolute Gasteiger partial charge is 0.0994 e. The van der Waals surface area contributed by atoms with Crippen LogP contribution in [0.5, 0.6) is 0 Å². The molecule has 0 saturated carbocycles. The first-order valence-electron chi connectivity index (χ1n) is 6.41. The first-order valence-corrected chi connectivity index (χ1v) is 8.42. The van der Waals surface area contributed by atoms with Gasteiger partial charge in [0.1, 0.15) is 0 Å². The van der Waals surface area contributed by atoms with E-state index in [0.717, 1.165) is 11.1 Å². The largest absolute Gasteiger partial charge is 0.112 e. The summed E-state index contributed by atoms with van der Waals surface area (Å²) in [6.07, 6.45) is 0. The van der Waals surface area contributed by atoms with Gasteiger partial charge in [0.2, 0.25) is 0 Å². The zero-order chi connectivity index (χ0) is 15.2. The minimum Gasteiger partial charge on any atom is -0.112 e. The predicted molar refractivity (Wildman–Crippen MR) is 92.2 cm³/mol. The maximum Gasteiger partial charge on any atom is 0.0994 e. The van der Waals surface area contributed by atoms with Crippen molar-refractivity contribution in [3.05, 3.63) is 53.7 Å². The molecule has 1 atom stereocenters. The van der Waals surface area contributed by atoms with Crippen molar-refractivity contribution in [3.63, 3.8) is 0 Å². The van der Waals surface area contributed by atoms with E-state index < -0.39 is 0 Å². The van der Waals surface area contributed by atoms with Crippen LogP contribution in [0.3, 0.4) is 0 Å². The Morgan fingerprint density at radius 2 is 1.30 bits per heavy atom. The van der Waals surface area contributed by atoms with Crippen LogP contribution in [-0.4, -0.2) is 0 Å². The van der Waals surface area contributed by atoms with E-state index in [2.05, 4.69) is 34.6 Å². The fourth-order valence-electron chi connectivity index (χ4n) is 2.59. The molecule has 0 aliphatic rings. The van der Waals surface area contributed by atoms with Gasteiger partial charge in [0.05, 0.1) is 14.0 Å². The highest BCUT2D eigenvalue weighted by Gasteiger charge is 2.23. The van der Waals surface area contributed by atoms with Crippen molar-refractivity contribution < 1.29 is 0 Å². The van der Waals surface area contributed by atoms with Crippen molar-refractivity contribution in [1.82, 2.24) is 0 Å². The molecule has 1 unspecified atom stereocenters. The number of rotatable bonds is 2. The molecule has 0 nitrogen and oxygen atoms in total. The van der Waals surface area contributed by atoms with Gasteiger partial charge in [0, 0.05) is 5.56 Å². The summed E-state index contributed by atoms with van der Waals surface area (Å²) in [7, 11) is 0. The van der Waals surface area contributed by atoms with Gasteiger partial charge in [-0.05, 0) is 74.1 Å². The number of alkyl halides is 1. The quantitative estimate of drug-likeness (QED) is 0.517. The monoisotopic (exact) mass is 346 g/mol. The summed E-state index contributed by atoms with van der Waals surface area (Å²) in [5.41, 5.74) is 8.47. The lowest BCUT2D eigenvalue weighted by Crippen LogP contribution is -2.05. The van der Waals surface area contributed by atoms with Crippen LogP contribution in [0.4, 0.5) is 0 Å². The number of thiophene rings is 1. The van der Waals surface area contributed by atoms with Crippen LogP contribution in [-0.2, 0) is 0 Å². The third-order valence-corrected chi connectivity index (χ3v) is 6.24.